The summed E-state index contributed by atoms with van der Waals surface area (Å²) in [6.45, 7) is 6.62. The quantitative estimate of drug-likeness (QED) is 0.904. The fraction of sp³-hybridized carbons (Fsp3) is 0.600. The van der Waals surface area contributed by atoms with Gasteiger partial charge in [-0.2, -0.15) is 0 Å². The first-order chi connectivity index (χ1) is 9.78. The van der Waals surface area contributed by atoms with Crippen LogP contribution in [0.15, 0.2) is 31.2 Å². The van der Waals surface area contributed by atoms with E-state index in [0.717, 1.165) is 32.6 Å². The molecule has 3 rings (SSSR count). The molecule has 0 spiro atoms. The van der Waals surface area contributed by atoms with Gasteiger partial charge in [0.2, 0.25) is 0 Å². The monoisotopic (exact) mass is 273 g/mol. The molecule has 1 aliphatic heterocycles. The van der Waals surface area contributed by atoms with Crippen LogP contribution in [0.25, 0.3) is 0 Å². The van der Waals surface area contributed by atoms with Crippen molar-refractivity contribution in [2.45, 2.75) is 44.7 Å². The number of hydrogen-bond acceptors (Lipinski definition) is 3. The zero-order valence-electron chi connectivity index (χ0n) is 12.1. The van der Waals surface area contributed by atoms with Crippen LogP contribution in [-0.2, 0) is 18.5 Å². The molecule has 108 valence electrons. The first-order valence-corrected chi connectivity index (χ1v) is 7.45. The Kier molecular flexibility index (Phi) is 3.87. The van der Waals surface area contributed by atoms with Gasteiger partial charge in [-0.3, -0.25) is 0 Å². The summed E-state index contributed by atoms with van der Waals surface area (Å²) in [5.41, 5.74) is 1.67. The van der Waals surface area contributed by atoms with E-state index in [-0.39, 0.29) is 5.41 Å². The van der Waals surface area contributed by atoms with Crippen LogP contribution in [0, 0.1) is 0 Å². The van der Waals surface area contributed by atoms with Gasteiger partial charge >= 0.3 is 0 Å². The number of nitrogens with one attached hydrogen (secondary N) is 1. The second kappa shape index (κ2) is 5.79. The summed E-state index contributed by atoms with van der Waals surface area (Å²) in [7, 11) is 0. The third-order valence-electron chi connectivity index (χ3n) is 4.41. The van der Waals surface area contributed by atoms with Crippen molar-refractivity contribution < 1.29 is 0 Å². The van der Waals surface area contributed by atoms with Crippen molar-refractivity contribution in [3.63, 3.8) is 0 Å². The van der Waals surface area contributed by atoms with Crippen LogP contribution in [0.4, 0.5) is 0 Å². The SMILES string of the molecule is CC1(c2cncn2CCCn2ccnc2)CCNCC1. The highest BCUT2D eigenvalue weighted by Gasteiger charge is 2.31. The minimum absolute atomic E-state index is 0.275. The highest BCUT2D eigenvalue weighted by atomic mass is 15.1. The maximum atomic E-state index is 4.38. The first kappa shape index (κ1) is 13.4. The lowest BCUT2D eigenvalue weighted by Crippen LogP contribution is -2.39. The maximum Gasteiger partial charge on any atom is 0.0948 e. The van der Waals surface area contributed by atoms with Gasteiger partial charge in [-0.15, -0.1) is 0 Å². The van der Waals surface area contributed by atoms with Crippen molar-refractivity contribution >= 4 is 0 Å². The van der Waals surface area contributed by atoms with E-state index in [9.17, 15) is 0 Å². The molecule has 1 N–H and O–H groups in total. The predicted octanol–water partition coefficient (Wildman–Crippen LogP) is 1.81. The van der Waals surface area contributed by atoms with Gasteiger partial charge in [0, 0.05) is 42.8 Å². The smallest absolute Gasteiger partial charge is 0.0948 e. The third-order valence-corrected chi connectivity index (χ3v) is 4.41. The molecule has 5 nitrogen and oxygen atoms in total. The summed E-state index contributed by atoms with van der Waals surface area (Å²) in [6, 6.07) is 0. The van der Waals surface area contributed by atoms with Crippen molar-refractivity contribution in [3.05, 3.63) is 36.9 Å². The van der Waals surface area contributed by atoms with Gasteiger partial charge in [0.1, 0.15) is 0 Å². The normalized spacial score (nSPS) is 18.2. The summed E-state index contributed by atoms with van der Waals surface area (Å²) >= 11 is 0. The molecule has 1 saturated heterocycles. The Balaban J connectivity index is 1.64. The molecule has 0 saturated carbocycles. The summed E-state index contributed by atoms with van der Waals surface area (Å²) < 4.78 is 4.46. The number of imidazole rings is 2. The molecular weight excluding hydrogens is 250 g/mol. The van der Waals surface area contributed by atoms with Gasteiger partial charge in [0.05, 0.1) is 12.7 Å². The highest BCUT2D eigenvalue weighted by Crippen LogP contribution is 2.32. The molecule has 0 atom stereocenters. The highest BCUT2D eigenvalue weighted by molar-refractivity contribution is 5.15. The molecule has 2 aromatic heterocycles. The number of nitrogens with zero attached hydrogens (tertiary/aromatic N) is 4. The van der Waals surface area contributed by atoms with E-state index in [1.165, 1.54) is 18.5 Å². The number of aromatic nitrogens is 4. The van der Waals surface area contributed by atoms with Crippen LogP contribution < -0.4 is 5.32 Å². The van der Waals surface area contributed by atoms with E-state index in [0.29, 0.717) is 0 Å². The average Bonchev–Trinajstić information content (AvgIpc) is 3.11. The van der Waals surface area contributed by atoms with Crippen LogP contribution in [0.2, 0.25) is 0 Å². The molecule has 0 aromatic carbocycles. The largest absolute Gasteiger partial charge is 0.337 e. The Bertz CT molecular complexity index is 522. The second-order valence-electron chi connectivity index (χ2n) is 5.94. The van der Waals surface area contributed by atoms with Crippen molar-refractivity contribution in [3.8, 4) is 0 Å². The molecule has 2 aromatic rings. The Hall–Kier alpha value is -1.62. The molecule has 5 heteroatoms. The van der Waals surface area contributed by atoms with Gasteiger partial charge in [0.25, 0.3) is 0 Å². The van der Waals surface area contributed by atoms with Crippen LogP contribution in [0.3, 0.4) is 0 Å². The molecule has 20 heavy (non-hydrogen) atoms. The number of piperidine rings is 1. The number of hydrogen-bond donors (Lipinski definition) is 1. The Morgan fingerprint density at radius 2 is 2.05 bits per heavy atom. The topological polar surface area (TPSA) is 47.7 Å². The molecule has 3 heterocycles. The minimum Gasteiger partial charge on any atom is -0.337 e. The summed E-state index contributed by atoms with van der Waals surface area (Å²) in [4.78, 5) is 8.46. The van der Waals surface area contributed by atoms with E-state index in [1.54, 1.807) is 0 Å². The molecular formula is C15H23N5. The molecule has 0 radical (unpaired) electrons. The summed E-state index contributed by atoms with van der Waals surface area (Å²) in [6.07, 6.45) is 13.3. The van der Waals surface area contributed by atoms with Gasteiger partial charge in [-0.1, -0.05) is 6.92 Å². The average molecular weight is 273 g/mol. The Morgan fingerprint density at radius 3 is 2.80 bits per heavy atom. The zero-order valence-corrected chi connectivity index (χ0v) is 12.1. The lowest BCUT2D eigenvalue weighted by molar-refractivity contribution is 0.315. The second-order valence-corrected chi connectivity index (χ2v) is 5.94. The molecule has 1 aliphatic rings. The lowest BCUT2D eigenvalue weighted by Gasteiger charge is -2.34. The third kappa shape index (κ3) is 2.77. The standard InChI is InChI=1S/C15H23N5/c1-15(3-5-16-6-4-15)14-11-18-13-20(14)9-2-8-19-10-7-17-12-19/h7,10-13,16H,2-6,8-9H2,1H3. The van der Waals surface area contributed by atoms with E-state index >= 15 is 0 Å². The van der Waals surface area contributed by atoms with Crippen LogP contribution in [0.5, 0.6) is 0 Å². The maximum absolute atomic E-state index is 4.38. The minimum atomic E-state index is 0.275. The lowest BCUT2D eigenvalue weighted by atomic mass is 9.78. The van der Waals surface area contributed by atoms with Crippen molar-refractivity contribution in [2.75, 3.05) is 13.1 Å². The number of rotatable bonds is 5. The first-order valence-electron chi connectivity index (χ1n) is 7.45. The van der Waals surface area contributed by atoms with Gasteiger partial charge in [-0.25, -0.2) is 9.97 Å². The Morgan fingerprint density at radius 1 is 1.20 bits per heavy atom. The Labute approximate surface area is 120 Å². The van der Waals surface area contributed by atoms with E-state index in [4.69, 9.17) is 0 Å². The van der Waals surface area contributed by atoms with Crippen molar-refractivity contribution in [1.29, 1.82) is 0 Å². The predicted molar refractivity (Wildman–Crippen MR) is 78.5 cm³/mol. The van der Waals surface area contributed by atoms with Crippen molar-refractivity contribution in [2.24, 2.45) is 0 Å². The van der Waals surface area contributed by atoms with Crippen molar-refractivity contribution in [1.82, 2.24) is 24.4 Å². The van der Waals surface area contributed by atoms with Crippen LogP contribution in [-0.4, -0.2) is 32.2 Å². The summed E-state index contributed by atoms with van der Waals surface area (Å²) in [5, 5.41) is 3.44. The van der Waals surface area contributed by atoms with Gasteiger partial charge < -0.3 is 14.5 Å². The van der Waals surface area contributed by atoms with Crippen LogP contribution in [0.1, 0.15) is 31.9 Å². The fourth-order valence-electron chi connectivity index (χ4n) is 3.08. The fourth-order valence-corrected chi connectivity index (χ4v) is 3.08. The van der Waals surface area contributed by atoms with Gasteiger partial charge in [-0.05, 0) is 32.4 Å². The van der Waals surface area contributed by atoms with E-state index in [1.807, 2.05) is 25.0 Å². The van der Waals surface area contributed by atoms with E-state index in [2.05, 4.69) is 37.5 Å². The molecule has 0 bridgehead atoms. The number of aryl methyl sites for hydroxylation is 2. The zero-order chi connectivity index (χ0) is 13.8. The van der Waals surface area contributed by atoms with Gasteiger partial charge in [0.15, 0.2) is 0 Å². The molecule has 0 unspecified atom stereocenters. The molecule has 1 fully saturated rings. The van der Waals surface area contributed by atoms with Crippen LogP contribution >= 0.6 is 0 Å². The molecule has 0 aliphatic carbocycles. The van der Waals surface area contributed by atoms with E-state index < -0.39 is 0 Å². The summed E-state index contributed by atoms with van der Waals surface area (Å²) in [5.74, 6) is 0. The molecule has 0 amide bonds.